The summed E-state index contributed by atoms with van der Waals surface area (Å²) in [5, 5.41) is 11.6. The Kier molecular flexibility index (Phi) is 5.91. The van der Waals surface area contributed by atoms with Crippen molar-refractivity contribution in [3.8, 4) is 6.07 Å². The number of amides is 2. The second-order valence-corrected chi connectivity index (χ2v) is 5.95. The van der Waals surface area contributed by atoms with Crippen LogP contribution in [0.5, 0.6) is 0 Å². The molecule has 0 aromatic heterocycles. The summed E-state index contributed by atoms with van der Waals surface area (Å²) in [4.78, 5) is 25.8. The highest BCUT2D eigenvalue weighted by Crippen LogP contribution is 2.21. The maximum absolute atomic E-state index is 12.2. The van der Waals surface area contributed by atoms with Gasteiger partial charge in [0.1, 0.15) is 0 Å². The maximum Gasteiger partial charge on any atom is 0.226 e. The quantitative estimate of drug-likeness (QED) is 0.908. The molecule has 0 saturated heterocycles. The molecular weight excluding hydrogens is 314 g/mol. The van der Waals surface area contributed by atoms with Crippen molar-refractivity contribution < 1.29 is 9.59 Å². The Labute approximate surface area is 147 Å². The highest BCUT2D eigenvalue weighted by atomic mass is 16.2. The summed E-state index contributed by atoms with van der Waals surface area (Å²) in [6.07, 6.45) is 0.187. The molecule has 2 rings (SSSR count). The van der Waals surface area contributed by atoms with E-state index in [0.717, 1.165) is 16.8 Å². The van der Waals surface area contributed by atoms with Gasteiger partial charge in [-0.2, -0.15) is 5.26 Å². The molecule has 0 radical (unpaired) electrons. The van der Waals surface area contributed by atoms with Crippen LogP contribution in [0.25, 0.3) is 0 Å². The molecule has 0 bridgehead atoms. The third-order valence-electron chi connectivity index (χ3n) is 3.88. The average molecular weight is 335 g/mol. The Bertz CT molecular complexity index is 820. The van der Waals surface area contributed by atoms with Crippen LogP contribution in [0.4, 0.5) is 11.4 Å². The largest absolute Gasteiger partial charge is 0.326 e. The summed E-state index contributed by atoms with van der Waals surface area (Å²) < 4.78 is 0. The Balaban J connectivity index is 2.01. The normalized spacial score (nSPS) is 10.0. The van der Waals surface area contributed by atoms with Gasteiger partial charge in [-0.05, 0) is 49.7 Å². The van der Waals surface area contributed by atoms with Crippen molar-refractivity contribution in [2.24, 2.45) is 0 Å². The lowest BCUT2D eigenvalue weighted by molar-refractivity contribution is -0.117. The van der Waals surface area contributed by atoms with Gasteiger partial charge in [-0.1, -0.05) is 17.7 Å². The molecule has 0 unspecified atom stereocenters. The molecule has 0 atom stereocenters. The first kappa shape index (κ1) is 18.2. The third kappa shape index (κ3) is 4.92. The van der Waals surface area contributed by atoms with E-state index in [2.05, 4.69) is 5.32 Å². The van der Waals surface area contributed by atoms with Crippen LogP contribution in [0, 0.1) is 25.2 Å². The van der Waals surface area contributed by atoms with Crippen LogP contribution in [-0.4, -0.2) is 18.4 Å². The van der Waals surface area contributed by atoms with Crippen molar-refractivity contribution in [3.05, 3.63) is 59.2 Å². The Morgan fingerprint density at radius 1 is 1.12 bits per heavy atom. The summed E-state index contributed by atoms with van der Waals surface area (Å²) in [6.45, 7) is 5.76. The lowest BCUT2D eigenvalue weighted by Gasteiger charge is -2.23. The second kappa shape index (κ2) is 8.11. The fourth-order valence-electron chi connectivity index (χ4n) is 2.62. The molecule has 5 heteroatoms. The molecule has 0 aliphatic carbocycles. The highest BCUT2D eigenvalue weighted by Gasteiger charge is 2.15. The van der Waals surface area contributed by atoms with Gasteiger partial charge in [0.2, 0.25) is 11.8 Å². The monoisotopic (exact) mass is 335 g/mol. The zero-order chi connectivity index (χ0) is 18.4. The lowest BCUT2D eigenvalue weighted by atomic mass is 10.1. The second-order valence-electron chi connectivity index (χ2n) is 5.95. The first-order chi connectivity index (χ1) is 11.9. The Morgan fingerprint density at radius 2 is 1.80 bits per heavy atom. The van der Waals surface area contributed by atoms with Crippen LogP contribution in [-0.2, 0) is 9.59 Å². The summed E-state index contributed by atoms with van der Waals surface area (Å²) in [5.74, 6) is -0.279. The van der Waals surface area contributed by atoms with Crippen molar-refractivity contribution >= 4 is 23.2 Å². The van der Waals surface area contributed by atoms with Gasteiger partial charge >= 0.3 is 0 Å². The van der Waals surface area contributed by atoms with Gasteiger partial charge in [0.25, 0.3) is 0 Å². The summed E-state index contributed by atoms with van der Waals surface area (Å²) >= 11 is 0. The predicted octanol–water partition coefficient (Wildman–Crippen LogP) is 3.56. The molecular formula is C20H21N3O2. The van der Waals surface area contributed by atoms with E-state index in [1.54, 1.807) is 29.2 Å². The standard InChI is InChI=1S/C20H21N3O2/c1-14-4-9-19(15(2)12-14)23(16(3)24)11-10-20(25)22-18-7-5-17(13-21)6-8-18/h4-9,12H,10-11H2,1-3H3,(H,22,25). The average Bonchev–Trinajstić information content (AvgIpc) is 2.57. The first-order valence-corrected chi connectivity index (χ1v) is 8.06. The number of carbonyl (C=O) groups excluding carboxylic acids is 2. The SMILES string of the molecule is CC(=O)N(CCC(=O)Nc1ccc(C#N)cc1)c1ccc(C)cc1C. The van der Waals surface area contributed by atoms with Crippen LogP contribution in [0.3, 0.4) is 0 Å². The molecule has 2 amide bonds. The molecule has 0 aliphatic heterocycles. The fourth-order valence-corrected chi connectivity index (χ4v) is 2.62. The number of hydrogen-bond donors (Lipinski definition) is 1. The number of nitriles is 1. The topological polar surface area (TPSA) is 73.2 Å². The van der Waals surface area contributed by atoms with E-state index in [4.69, 9.17) is 5.26 Å². The molecule has 0 aliphatic rings. The van der Waals surface area contributed by atoms with E-state index in [1.165, 1.54) is 6.92 Å². The number of aryl methyl sites for hydroxylation is 2. The van der Waals surface area contributed by atoms with Gasteiger partial charge in [-0.3, -0.25) is 9.59 Å². The number of rotatable bonds is 5. The van der Waals surface area contributed by atoms with E-state index in [0.29, 0.717) is 17.8 Å². The van der Waals surface area contributed by atoms with Crippen LogP contribution in [0.1, 0.15) is 30.0 Å². The summed E-state index contributed by atoms with van der Waals surface area (Å²) in [7, 11) is 0. The third-order valence-corrected chi connectivity index (χ3v) is 3.88. The van der Waals surface area contributed by atoms with Crippen LogP contribution in [0.2, 0.25) is 0 Å². The zero-order valence-corrected chi connectivity index (χ0v) is 14.7. The Hall–Kier alpha value is -3.13. The molecule has 0 spiro atoms. The molecule has 25 heavy (non-hydrogen) atoms. The number of anilines is 2. The van der Waals surface area contributed by atoms with Gasteiger partial charge in [-0.25, -0.2) is 0 Å². The number of nitrogens with zero attached hydrogens (tertiary/aromatic N) is 2. The van der Waals surface area contributed by atoms with Crippen molar-refractivity contribution in [1.29, 1.82) is 5.26 Å². The lowest BCUT2D eigenvalue weighted by Crippen LogP contribution is -2.32. The molecule has 0 saturated carbocycles. The van der Waals surface area contributed by atoms with E-state index < -0.39 is 0 Å². The van der Waals surface area contributed by atoms with E-state index in [-0.39, 0.29) is 18.2 Å². The van der Waals surface area contributed by atoms with Crippen LogP contribution < -0.4 is 10.2 Å². The number of carbonyl (C=O) groups is 2. The minimum absolute atomic E-state index is 0.0990. The molecule has 2 aromatic carbocycles. The molecule has 0 heterocycles. The predicted molar refractivity (Wildman–Crippen MR) is 98.3 cm³/mol. The van der Waals surface area contributed by atoms with E-state index in [1.807, 2.05) is 38.1 Å². The van der Waals surface area contributed by atoms with Crippen LogP contribution in [0.15, 0.2) is 42.5 Å². The molecule has 0 fully saturated rings. The van der Waals surface area contributed by atoms with Crippen molar-refractivity contribution in [2.45, 2.75) is 27.2 Å². The van der Waals surface area contributed by atoms with E-state index >= 15 is 0 Å². The minimum atomic E-state index is -0.180. The molecule has 2 aromatic rings. The van der Waals surface area contributed by atoms with Gasteiger partial charge in [0, 0.05) is 31.3 Å². The van der Waals surface area contributed by atoms with E-state index in [9.17, 15) is 9.59 Å². The molecule has 128 valence electrons. The maximum atomic E-state index is 12.2. The minimum Gasteiger partial charge on any atom is -0.326 e. The van der Waals surface area contributed by atoms with Gasteiger partial charge in [0.05, 0.1) is 11.6 Å². The van der Waals surface area contributed by atoms with Gasteiger partial charge in [0.15, 0.2) is 0 Å². The van der Waals surface area contributed by atoms with Gasteiger partial charge in [-0.15, -0.1) is 0 Å². The number of benzene rings is 2. The fraction of sp³-hybridized carbons (Fsp3) is 0.250. The number of nitrogens with one attached hydrogen (secondary N) is 1. The molecule has 5 nitrogen and oxygen atoms in total. The van der Waals surface area contributed by atoms with Gasteiger partial charge < -0.3 is 10.2 Å². The van der Waals surface area contributed by atoms with Crippen LogP contribution >= 0.6 is 0 Å². The molecule has 1 N–H and O–H groups in total. The van der Waals surface area contributed by atoms with Crippen molar-refractivity contribution in [1.82, 2.24) is 0 Å². The smallest absolute Gasteiger partial charge is 0.226 e. The first-order valence-electron chi connectivity index (χ1n) is 8.06. The Morgan fingerprint density at radius 3 is 2.36 bits per heavy atom. The van der Waals surface area contributed by atoms with Crippen molar-refractivity contribution in [3.63, 3.8) is 0 Å². The summed E-state index contributed by atoms with van der Waals surface area (Å²) in [6, 6.07) is 14.6. The van der Waals surface area contributed by atoms with Crippen molar-refractivity contribution in [2.75, 3.05) is 16.8 Å². The zero-order valence-electron chi connectivity index (χ0n) is 14.7. The number of hydrogen-bond acceptors (Lipinski definition) is 3. The summed E-state index contributed by atoms with van der Waals surface area (Å²) in [5.41, 5.74) is 4.12. The highest BCUT2D eigenvalue weighted by molar-refractivity contribution is 5.95.